The second-order valence-electron chi connectivity index (χ2n) is 2.33. The molecule has 0 aliphatic carbocycles. The standard InChI is InChI=1S/C7H8ClNO2/c1-4-5(2-3-8)7(11)9-6(4)10/h2-3H2,1H3,(H,9,10,11). The lowest BCUT2D eigenvalue weighted by Gasteiger charge is -1.93. The summed E-state index contributed by atoms with van der Waals surface area (Å²) in [7, 11) is 0. The Morgan fingerprint density at radius 3 is 2.36 bits per heavy atom. The maximum Gasteiger partial charge on any atom is 0.254 e. The number of rotatable bonds is 2. The molecule has 0 spiro atoms. The summed E-state index contributed by atoms with van der Waals surface area (Å²) in [6.45, 7) is 1.63. The van der Waals surface area contributed by atoms with E-state index in [2.05, 4.69) is 5.32 Å². The highest BCUT2D eigenvalue weighted by Gasteiger charge is 2.25. The quantitative estimate of drug-likeness (QED) is 0.491. The first-order valence-electron chi connectivity index (χ1n) is 3.28. The summed E-state index contributed by atoms with van der Waals surface area (Å²) in [5.74, 6) is -0.226. The summed E-state index contributed by atoms with van der Waals surface area (Å²) in [4.78, 5) is 21.8. The molecule has 1 aliphatic heterocycles. The minimum atomic E-state index is -0.298. The van der Waals surface area contributed by atoms with Gasteiger partial charge in [-0.25, -0.2) is 0 Å². The molecule has 0 bridgehead atoms. The summed E-state index contributed by atoms with van der Waals surface area (Å²) in [5, 5.41) is 2.19. The Balaban J connectivity index is 2.87. The molecule has 3 nitrogen and oxygen atoms in total. The highest BCUT2D eigenvalue weighted by molar-refractivity contribution is 6.21. The van der Waals surface area contributed by atoms with Crippen molar-refractivity contribution in [3.8, 4) is 0 Å². The Kier molecular flexibility index (Phi) is 2.29. The average molecular weight is 174 g/mol. The lowest BCUT2D eigenvalue weighted by Crippen LogP contribution is -2.22. The summed E-state index contributed by atoms with van der Waals surface area (Å²) < 4.78 is 0. The van der Waals surface area contributed by atoms with Crippen molar-refractivity contribution < 1.29 is 9.59 Å². The van der Waals surface area contributed by atoms with Crippen molar-refractivity contribution in [3.63, 3.8) is 0 Å². The van der Waals surface area contributed by atoms with Gasteiger partial charge in [-0.05, 0) is 13.3 Å². The Labute approximate surface area is 69.4 Å². The van der Waals surface area contributed by atoms with Crippen molar-refractivity contribution in [2.45, 2.75) is 13.3 Å². The van der Waals surface area contributed by atoms with Gasteiger partial charge in [0.15, 0.2) is 0 Å². The number of carbonyl (C=O) groups excluding carboxylic acids is 2. The summed E-state index contributed by atoms with van der Waals surface area (Å²) in [6.07, 6.45) is 0.463. The van der Waals surface area contributed by atoms with Gasteiger partial charge in [-0.3, -0.25) is 14.9 Å². The van der Waals surface area contributed by atoms with E-state index >= 15 is 0 Å². The van der Waals surface area contributed by atoms with E-state index in [-0.39, 0.29) is 11.8 Å². The monoisotopic (exact) mass is 173 g/mol. The molecule has 2 amide bonds. The normalized spacial score (nSPS) is 17.6. The fourth-order valence-electron chi connectivity index (χ4n) is 0.975. The highest BCUT2D eigenvalue weighted by atomic mass is 35.5. The minimum absolute atomic E-state index is 0.296. The van der Waals surface area contributed by atoms with Crippen LogP contribution < -0.4 is 5.32 Å². The Hall–Kier alpha value is -0.830. The highest BCUT2D eigenvalue weighted by Crippen LogP contribution is 2.15. The Morgan fingerprint density at radius 2 is 2.00 bits per heavy atom. The molecule has 0 aromatic carbocycles. The fraction of sp³-hybridized carbons (Fsp3) is 0.429. The molecule has 0 aromatic heterocycles. The second-order valence-corrected chi connectivity index (χ2v) is 2.70. The zero-order valence-electron chi connectivity index (χ0n) is 6.11. The van der Waals surface area contributed by atoms with Crippen molar-refractivity contribution in [2.24, 2.45) is 0 Å². The van der Waals surface area contributed by atoms with E-state index in [4.69, 9.17) is 11.6 Å². The van der Waals surface area contributed by atoms with Gasteiger partial charge in [0, 0.05) is 17.0 Å². The van der Waals surface area contributed by atoms with E-state index in [0.717, 1.165) is 0 Å². The van der Waals surface area contributed by atoms with Crippen LogP contribution in [-0.4, -0.2) is 17.7 Å². The smallest absolute Gasteiger partial charge is 0.254 e. The molecule has 0 atom stereocenters. The van der Waals surface area contributed by atoms with Gasteiger partial charge in [0.2, 0.25) is 0 Å². The second kappa shape index (κ2) is 3.05. The number of halogens is 1. The number of hydrogen-bond donors (Lipinski definition) is 1. The fourth-order valence-corrected chi connectivity index (χ4v) is 1.16. The minimum Gasteiger partial charge on any atom is -0.289 e. The van der Waals surface area contributed by atoms with Gasteiger partial charge in [-0.1, -0.05) is 0 Å². The molecule has 60 valence electrons. The van der Waals surface area contributed by atoms with Crippen LogP contribution in [0.4, 0.5) is 0 Å². The van der Waals surface area contributed by atoms with Crippen LogP contribution in [-0.2, 0) is 9.59 Å². The molecule has 11 heavy (non-hydrogen) atoms. The number of hydrogen-bond acceptors (Lipinski definition) is 2. The predicted molar refractivity (Wildman–Crippen MR) is 41.2 cm³/mol. The van der Waals surface area contributed by atoms with Gasteiger partial charge in [-0.2, -0.15) is 0 Å². The average Bonchev–Trinajstić information content (AvgIpc) is 2.17. The SMILES string of the molecule is CC1=C(CCCl)C(=O)NC1=O. The molecule has 0 unspecified atom stereocenters. The predicted octanol–water partition coefficient (Wildman–Crippen LogP) is 0.588. The van der Waals surface area contributed by atoms with Gasteiger partial charge in [-0.15, -0.1) is 11.6 Å². The maximum absolute atomic E-state index is 10.9. The first kappa shape index (κ1) is 8.27. The lowest BCUT2D eigenvalue weighted by molar-refractivity contribution is -0.124. The molecular formula is C7H8ClNO2. The maximum atomic E-state index is 10.9. The van der Waals surface area contributed by atoms with E-state index in [1.807, 2.05) is 0 Å². The molecule has 0 fully saturated rings. The van der Waals surface area contributed by atoms with Crippen molar-refractivity contribution in [2.75, 3.05) is 5.88 Å². The molecule has 1 rings (SSSR count). The van der Waals surface area contributed by atoms with Gasteiger partial charge in [0.1, 0.15) is 0 Å². The molecule has 1 N–H and O–H groups in total. The van der Waals surface area contributed by atoms with E-state index in [1.54, 1.807) is 6.92 Å². The molecule has 0 saturated carbocycles. The number of nitrogens with one attached hydrogen (secondary N) is 1. The third-order valence-electron chi connectivity index (χ3n) is 1.64. The zero-order valence-corrected chi connectivity index (χ0v) is 6.86. The van der Waals surface area contributed by atoms with E-state index in [9.17, 15) is 9.59 Å². The number of alkyl halides is 1. The zero-order chi connectivity index (χ0) is 8.43. The van der Waals surface area contributed by atoms with Gasteiger partial charge in [0.25, 0.3) is 11.8 Å². The molecule has 1 aliphatic rings. The Morgan fingerprint density at radius 1 is 1.36 bits per heavy atom. The van der Waals surface area contributed by atoms with Crippen molar-refractivity contribution in [1.29, 1.82) is 0 Å². The molecule has 0 radical (unpaired) electrons. The molecule has 0 aromatic rings. The van der Waals surface area contributed by atoms with Crippen LogP contribution in [0.2, 0.25) is 0 Å². The third kappa shape index (κ3) is 1.43. The number of imide groups is 1. The van der Waals surface area contributed by atoms with Crippen LogP contribution >= 0.6 is 11.6 Å². The van der Waals surface area contributed by atoms with Gasteiger partial charge >= 0.3 is 0 Å². The topological polar surface area (TPSA) is 46.2 Å². The first-order valence-corrected chi connectivity index (χ1v) is 3.81. The Bertz CT molecular complexity index is 245. The van der Waals surface area contributed by atoms with Crippen LogP contribution in [0.3, 0.4) is 0 Å². The number of carbonyl (C=O) groups is 2. The van der Waals surface area contributed by atoms with E-state index in [0.29, 0.717) is 23.4 Å². The van der Waals surface area contributed by atoms with Crippen molar-refractivity contribution >= 4 is 23.4 Å². The molecule has 0 saturated heterocycles. The van der Waals surface area contributed by atoms with Crippen LogP contribution in [0.1, 0.15) is 13.3 Å². The van der Waals surface area contributed by atoms with Crippen LogP contribution in [0.25, 0.3) is 0 Å². The summed E-state index contributed by atoms with van der Waals surface area (Å²) >= 11 is 5.43. The van der Waals surface area contributed by atoms with Crippen molar-refractivity contribution in [3.05, 3.63) is 11.1 Å². The third-order valence-corrected chi connectivity index (χ3v) is 1.83. The first-order chi connectivity index (χ1) is 5.16. The van der Waals surface area contributed by atoms with Gasteiger partial charge in [0.05, 0.1) is 0 Å². The largest absolute Gasteiger partial charge is 0.289 e. The number of amides is 2. The summed E-state index contributed by atoms with van der Waals surface area (Å²) in [5.41, 5.74) is 1.01. The molecule has 4 heteroatoms. The van der Waals surface area contributed by atoms with E-state index < -0.39 is 0 Å². The van der Waals surface area contributed by atoms with Crippen LogP contribution in [0.5, 0.6) is 0 Å². The lowest BCUT2D eigenvalue weighted by atomic mass is 10.1. The van der Waals surface area contributed by atoms with E-state index in [1.165, 1.54) is 0 Å². The van der Waals surface area contributed by atoms with Crippen molar-refractivity contribution in [1.82, 2.24) is 5.32 Å². The van der Waals surface area contributed by atoms with Crippen LogP contribution in [0.15, 0.2) is 11.1 Å². The van der Waals surface area contributed by atoms with Crippen LogP contribution in [0, 0.1) is 0 Å². The molecule has 1 heterocycles. The molecular weight excluding hydrogens is 166 g/mol. The summed E-state index contributed by atoms with van der Waals surface area (Å²) in [6, 6.07) is 0. The van der Waals surface area contributed by atoms with Gasteiger partial charge < -0.3 is 0 Å².